The number of piperidine rings is 1. The van der Waals surface area contributed by atoms with E-state index in [0.717, 1.165) is 21.8 Å². The van der Waals surface area contributed by atoms with E-state index in [-0.39, 0.29) is 0 Å². The van der Waals surface area contributed by atoms with E-state index < -0.39 is 0 Å². The summed E-state index contributed by atoms with van der Waals surface area (Å²) in [6.45, 7) is 3.32. The summed E-state index contributed by atoms with van der Waals surface area (Å²) >= 11 is 8.90. The maximum atomic E-state index is 5.47. The molecule has 0 amide bonds. The zero-order valence-corrected chi connectivity index (χ0v) is 12.4. The van der Waals surface area contributed by atoms with Crippen molar-refractivity contribution in [2.45, 2.75) is 32.2 Å². The Balaban J connectivity index is 1.98. The van der Waals surface area contributed by atoms with Gasteiger partial charge in [-0.05, 0) is 62.7 Å². The molecule has 1 heterocycles. The van der Waals surface area contributed by atoms with Crippen molar-refractivity contribution in [1.29, 1.82) is 0 Å². The molecule has 0 spiro atoms. The molecular formula is C13H17BrN2S. The molecule has 1 aromatic carbocycles. The molecule has 0 unspecified atom stereocenters. The van der Waals surface area contributed by atoms with Crippen molar-refractivity contribution < 1.29 is 0 Å². The second-order valence-electron chi connectivity index (χ2n) is 4.48. The van der Waals surface area contributed by atoms with E-state index in [2.05, 4.69) is 33.1 Å². The van der Waals surface area contributed by atoms with Crippen LogP contribution in [0.15, 0.2) is 28.7 Å². The van der Waals surface area contributed by atoms with Gasteiger partial charge in [0, 0.05) is 22.7 Å². The first-order valence-corrected chi connectivity index (χ1v) is 7.20. The Bertz CT molecular complexity index is 391. The van der Waals surface area contributed by atoms with Gasteiger partial charge in [-0.2, -0.15) is 0 Å². The summed E-state index contributed by atoms with van der Waals surface area (Å²) < 4.78 is 1.08. The lowest BCUT2D eigenvalue weighted by Crippen LogP contribution is -2.44. The number of anilines is 1. The van der Waals surface area contributed by atoms with E-state index in [9.17, 15) is 0 Å². The highest BCUT2D eigenvalue weighted by Crippen LogP contribution is 2.19. The molecule has 0 bridgehead atoms. The first-order valence-electron chi connectivity index (χ1n) is 6.00. The number of nitrogens with zero attached hydrogens (tertiary/aromatic N) is 1. The van der Waals surface area contributed by atoms with Crippen LogP contribution < -0.4 is 5.32 Å². The van der Waals surface area contributed by atoms with Crippen LogP contribution in [0.2, 0.25) is 0 Å². The summed E-state index contributed by atoms with van der Waals surface area (Å²) in [6, 6.07) is 8.66. The number of benzene rings is 1. The minimum atomic E-state index is 0.555. The van der Waals surface area contributed by atoms with Gasteiger partial charge in [-0.25, -0.2) is 0 Å². The summed E-state index contributed by atoms with van der Waals surface area (Å²) in [4.78, 5) is 2.29. The zero-order valence-electron chi connectivity index (χ0n) is 9.95. The van der Waals surface area contributed by atoms with Crippen molar-refractivity contribution in [3.05, 3.63) is 28.7 Å². The topological polar surface area (TPSA) is 15.3 Å². The third kappa shape index (κ3) is 3.42. The van der Waals surface area contributed by atoms with Crippen LogP contribution in [0.4, 0.5) is 5.69 Å². The molecule has 0 aliphatic carbocycles. The van der Waals surface area contributed by atoms with Gasteiger partial charge in [0.15, 0.2) is 5.11 Å². The third-order valence-corrected chi connectivity index (χ3v) is 4.02. The minimum absolute atomic E-state index is 0.555. The lowest BCUT2D eigenvalue weighted by atomic mass is 10.0. The molecule has 1 atom stereocenters. The van der Waals surface area contributed by atoms with Crippen molar-refractivity contribution in [2.24, 2.45) is 0 Å². The quantitative estimate of drug-likeness (QED) is 0.788. The predicted molar refractivity (Wildman–Crippen MR) is 80.4 cm³/mol. The Morgan fingerprint density at radius 3 is 2.71 bits per heavy atom. The predicted octanol–water partition coefficient (Wildman–Crippen LogP) is 4.02. The van der Waals surface area contributed by atoms with Crippen LogP contribution in [0.1, 0.15) is 26.2 Å². The molecule has 1 N–H and O–H groups in total. The molecule has 0 saturated carbocycles. The number of hydrogen-bond acceptors (Lipinski definition) is 1. The molecule has 1 aliphatic rings. The Morgan fingerprint density at radius 2 is 2.06 bits per heavy atom. The average molecular weight is 313 g/mol. The number of hydrogen-bond donors (Lipinski definition) is 1. The van der Waals surface area contributed by atoms with Gasteiger partial charge in [-0.3, -0.25) is 0 Å². The van der Waals surface area contributed by atoms with Crippen LogP contribution in [0.3, 0.4) is 0 Å². The maximum absolute atomic E-state index is 5.47. The van der Waals surface area contributed by atoms with Gasteiger partial charge in [0.2, 0.25) is 0 Å². The van der Waals surface area contributed by atoms with E-state index in [4.69, 9.17) is 12.2 Å². The first-order chi connectivity index (χ1) is 8.16. The van der Waals surface area contributed by atoms with Crippen molar-refractivity contribution >= 4 is 38.9 Å². The van der Waals surface area contributed by atoms with Gasteiger partial charge in [0.1, 0.15) is 0 Å². The van der Waals surface area contributed by atoms with E-state index in [0.29, 0.717) is 6.04 Å². The zero-order chi connectivity index (χ0) is 12.3. The summed E-state index contributed by atoms with van der Waals surface area (Å²) in [5.74, 6) is 0. The minimum Gasteiger partial charge on any atom is -0.346 e. The van der Waals surface area contributed by atoms with Crippen molar-refractivity contribution in [2.75, 3.05) is 11.9 Å². The molecule has 1 aromatic rings. The second-order valence-corrected chi connectivity index (χ2v) is 5.78. The van der Waals surface area contributed by atoms with E-state index >= 15 is 0 Å². The number of thiocarbonyl (C=S) groups is 1. The fraction of sp³-hybridized carbons (Fsp3) is 0.462. The van der Waals surface area contributed by atoms with Crippen LogP contribution in [0.5, 0.6) is 0 Å². The number of nitrogens with one attached hydrogen (secondary N) is 1. The third-order valence-electron chi connectivity index (χ3n) is 3.16. The standard InChI is InChI=1S/C13H17BrN2S/c1-10-4-2-3-9-16(10)13(17)15-12-7-5-11(14)6-8-12/h5-8,10H,2-4,9H2,1H3,(H,15,17)/t10-/m1/s1. The van der Waals surface area contributed by atoms with Crippen molar-refractivity contribution in [1.82, 2.24) is 4.90 Å². The highest BCUT2D eigenvalue weighted by molar-refractivity contribution is 9.10. The van der Waals surface area contributed by atoms with Crippen LogP contribution in [0.25, 0.3) is 0 Å². The van der Waals surface area contributed by atoms with Crippen LogP contribution in [-0.4, -0.2) is 22.6 Å². The van der Waals surface area contributed by atoms with Gasteiger partial charge in [0.05, 0.1) is 0 Å². The van der Waals surface area contributed by atoms with E-state index in [1.54, 1.807) is 0 Å². The monoisotopic (exact) mass is 312 g/mol. The van der Waals surface area contributed by atoms with Gasteiger partial charge in [-0.15, -0.1) is 0 Å². The highest BCUT2D eigenvalue weighted by atomic mass is 79.9. The Kier molecular flexibility index (Phi) is 4.40. The Hall–Kier alpha value is -0.610. The molecule has 2 rings (SSSR count). The Morgan fingerprint density at radius 1 is 1.35 bits per heavy atom. The molecule has 1 aliphatic heterocycles. The molecule has 1 saturated heterocycles. The first kappa shape index (κ1) is 12.8. The van der Waals surface area contributed by atoms with E-state index in [1.165, 1.54) is 19.3 Å². The van der Waals surface area contributed by atoms with E-state index in [1.807, 2.05) is 24.3 Å². The lowest BCUT2D eigenvalue weighted by Gasteiger charge is -2.35. The summed E-state index contributed by atoms with van der Waals surface area (Å²) in [6.07, 6.45) is 3.80. The summed E-state index contributed by atoms with van der Waals surface area (Å²) in [5, 5.41) is 4.15. The largest absolute Gasteiger partial charge is 0.346 e. The van der Waals surface area contributed by atoms with Crippen molar-refractivity contribution in [3.63, 3.8) is 0 Å². The fourth-order valence-electron chi connectivity index (χ4n) is 2.13. The maximum Gasteiger partial charge on any atom is 0.173 e. The average Bonchev–Trinajstić information content (AvgIpc) is 2.32. The molecule has 4 heteroatoms. The fourth-order valence-corrected chi connectivity index (χ4v) is 2.78. The second kappa shape index (κ2) is 5.83. The van der Waals surface area contributed by atoms with Crippen LogP contribution in [-0.2, 0) is 0 Å². The molecular weight excluding hydrogens is 296 g/mol. The van der Waals surface area contributed by atoms with Crippen molar-refractivity contribution in [3.8, 4) is 0 Å². The van der Waals surface area contributed by atoms with Crippen LogP contribution >= 0.6 is 28.1 Å². The van der Waals surface area contributed by atoms with Gasteiger partial charge < -0.3 is 10.2 Å². The van der Waals surface area contributed by atoms with Gasteiger partial charge in [0.25, 0.3) is 0 Å². The number of rotatable bonds is 1. The van der Waals surface area contributed by atoms with Gasteiger partial charge in [-0.1, -0.05) is 15.9 Å². The molecule has 0 radical (unpaired) electrons. The lowest BCUT2D eigenvalue weighted by molar-refractivity contribution is 0.262. The highest BCUT2D eigenvalue weighted by Gasteiger charge is 2.20. The summed E-state index contributed by atoms with van der Waals surface area (Å²) in [7, 11) is 0. The van der Waals surface area contributed by atoms with Gasteiger partial charge >= 0.3 is 0 Å². The van der Waals surface area contributed by atoms with Crippen LogP contribution in [0, 0.1) is 0 Å². The molecule has 0 aromatic heterocycles. The summed E-state index contributed by atoms with van der Waals surface area (Å²) in [5.41, 5.74) is 1.05. The molecule has 92 valence electrons. The smallest absolute Gasteiger partial charge is 0.173 e. The number of halogens is 1. The number of likely N-dealkylation sites (tertiary alicyclic amines) is 1. The Labute approximate surface area is 117 Å². The SMILES string of the molecule is C[C@@H]1CCCCN1C(=S)Nc1ccc(Br)cc1. The molecule has 1 fully saturated rings. The molecule has 2 nitrogen and oxygen atoms in total. The molecule has 17 heavy (non-hydrogen) atoms. The normalized spacial score (nSPS) is 20.1.